The number of benzene rings is 1. The highest BCUT2D eigenvalue weighted by Gasteiger charge is 2.26. The lowest BCUT2D eigenvalue weighted by Crippen LogP contribution is -2.39. The normalized spacial score (nSPS) is 13.6. The number of guanidine groups is 1. The molecule has 2 aromatic rings. The van der Waals surface area contributed by atoms with Crippen molar-refractivity contribution in [1.82, 2.24) is 10.6 Å². The third-order valence-electron chi connectivity index (χ3n) is 3.43. The molecule has 0 aliphatic rings. The molecule has 144 valence electrons. The average Bonchev–Trinajstić information content (AvgIpc) is 3.13. The number of aliphatic hydroxyl groups is 1. The predicted molar refractivity (Wildman–Crippen MR) is 115 cm³/mol. The molecule has 2 rings (SSSR count). The number of nitrogens with one attached hydrogen (secondary N) is 2. The molecule has 0 fully saturated rings. The van der Waals surface area contributed by atoms with Gasteiger partial charge in [-0.25, -0.2) is 9.38 Å². The van der Waals surface area contributed by atoms with Gasteiger partial charge in [0.05, 0.1) is 12.8 Å². The zero-order valence-corrected chi connectivity index (χ0v) is 18.0. The first-order valence-electron chi connectivity index (χ1n) is 8.19. The van der Waals surface area contributed by atoms with Gasteiger partial charge in [-0.15, -0.1) is 35.7 Å². The second-order valence-electron chi connectivity index (χ2n) is 5.65. The summed E-state index contributed by atoms with van der Waals surface area (Å²) in [6.45, 7) is 5.11. The summed E-state index contributed by atoms with van der Waals surface area (Å²) in [4.78, 5) is 5.04. The fraction of sp³-hybridized carbons (Fsp3) is 0.389. The van der Waals surface area contributed by atoms with Crippen LogP contribution in [0.4, 0.5) is 4.39 Å². The number of rotatable bonds is 8. The number of hydrogen-bond donors (Lipinski definition) is 3. The van der Waals surface area contributed by atoms with Crippen LogP contribution >= 0.6 is 35.7 Å². The summed E-state index contributed by atoms with van der Waals surface area (Å²) in [5.41, 5.74) is -1.17. The second-order valence-corrected chi connectivity index (χ2v) is 6.79. The molecule has 26 heavy (non-hydrogen) atoms. The Morgan fingerprint density at radius 2 is 2.04 bits per heavy atom. The molecule has 1 aromatic carbocycles. The van der Waals surface area contributed by atoms with Crippen LogP contribution < -0.4 is 10.6 Å². The summed E-state index contributed by atoms with van der Waals surface area (Å²) < 4.78 is 18.8. The van der Waals surface area contributed by atoms with Gasteiger partial charge in [0.2, 0.25) is 0 Å². The molecule has 1 unspecified atom stereocenters. The standard InChI is InChI=1S/C18H24FN3O2S.HI/c1-3-20-17(22-13-18(2,23)16-9-6-11-24-16)21-10-12-25-15-8-5-4-7-14(15)19;/h4-9,11,23H,3,10,12-13H2,1-2H3,(H2,20,21,22);1H. The van der Waals surface area contributed by atoms with Gasteiger partial charge in [0, 0.05) is 23.7 Å². The quantitative estimate of drug-likeness (QED) is 0.173. The summed E-state index contributed by atoms with van der Waals surface area (Å²) in [5.74, 6) is 1.56. The van der Waals surface area contributed by atoms with E-state index in [9.17, 15) is 9.50 Å². The highest BCUT2D eigenvalue weighted by atomic mass is 127. The Kier molecular flexibility index (Phi) is 10.0. The summed E-state index contributed by atoms with van der Waals surface area (Å²) >= 11 is 1.44. The smallest absolute Gasteiger partial charge is 0.191 e. The Balaban J connectivity index is 0.00000338. The Bertz CT molecular complexity index is 681. The van der Waals surface area contributed by atoms with E-state index in [0.717, 1.165) is 0 Å². The lowest BCUT2D eigenvalue weighted by Gasteiger charge is -2.19. The van der Waals surface area contributed by atoms with E-state index >= 15 is 0 Å². The van der Waals surface area contributed by atoms with Crippen LogP contribution in [0, 0.1) is 5.82 Å². The summed E-state index contributed by atoms with van der Waals surface area (Å²) in [6, 6.07) is 10.2. The molecular weight excluding hydrogens is 468 g/mol. The molecule has 1 aromatic heterocycles. The van der Waals surface area contributed by atoms with Gasteiger partial charge in [0.1, 0.15) is 17.2 Å². The van der Waals surface area contributed by atoms with Gasteiger partial charge in [-0.3, -0.25) is 0 Å². The molecule has 0 radical (unpaired) electrons. The van der Waals surface area contributed by atoms with Crippen LogP contribution in [0.5, 0.6) is 0 Å². The van der Waals surface area contributed by atoms with Crippen molar-refractivity contribution in [2.75, 3.05) is 25.4 Å². The molecule has 1 heterocycles. The topological polar surface area (TPSA) is 69.8 Å². The molecule has 3 N–H and O–H groups in total. The van der Waals surface area contributed by atoms with Crippen LogP contribution in [0.2, 0.25) is 0 Å². The highest BCUT2D eigenvalue weighted by Crippen LogP contribution is 2.21. The third kappa shape index (κ3) is 7.16. The minimum Gasteiger partial charge on any atom is -0.466 e. The minimum absolute atomic E-state index is 0. The number of nitrogens with zero attached hydrogens (tertiary/aromatic N) is 1. The van der Waals surface area contributed by atoms with Gasteiger partial charge in [-0.2, -0.15) is 0 Å². The Morgan fingerprint density at radius 1 is 1.27 bits per heavy atom. The first-order valence-corrected chi connectivity index (χ1v) is 9.17. The average molecular weight is 493 g/mol. The van der Waals surface area contributed by atoms with E-state index in [1.165, 1.54) is 24.1 Å². The number of halogens is 2. The van der Waals surface area contributed by atoms with E-state index in [4.69, 9.17) is 4.42 Å². The van der Waals surface area contributed by atoms with Crippen LogP contribution in [0.3, 0.4) is 0 Å². The maximum atomic E-state index is 13.6. The lowest BCUT2D eigenvalue weighted by molar-refractivity contribution is 0.0437. The molecule has 5 nitrogen and oxygen atoms in total. The van der Waals surface area contributed by atoms with Gasteiger partial charge in [-0.05, 0) is 38.1 Å². The van der Waals surface area contributed by atoms with Crippen molar-refractivity contribution in [3.8, 4) is 0 Å². The fourth-order valence-electron chi connectivity index (χ4n) is 2.13. The van der Waals surface area contributed by atoms with E-state index in [0.29, 0.717) is 35.5 Å². The van der Waals surface area contributed by atoms with Crippen LogP contribution in [0.1, 0.15) is 19.6 Å². The molecule has 0 saturated carbocycles. The molecular formula is C18H25FIN3O2S. The molecule has 0 spiro atoms. The van der Waals surface area contributed by atoms with E-state index in [-0.39, 0.29) is 36.3 Å². The third-order valence-corrected chi connectivity index (χ3v) is 4.48. The van der Waals surface area contributed by atoms with Gasteiger partial charge >= 0.3 is 0 Å². The van der Waals surface area contributed by atoms with Gasteiger partial charge in [0.15, 0.2) is 5.96 Å². The Morgan fingerprint density at radius 3 is 2.69 bits per heavy atom. The van der Waals surface area contributed by atoms with E-state index < -0.39 is 5.60 Å². The molecule has 8 heteroatoms. The molecule has 0 amide bonds. The number of thioether (sulfide) groups is 1. The Labute approximate surface area is 174 Å². The highest BCUT2D eigenvalue weighted by molar-refractivity contribution is 14.0. The van der Waals surface area contributed by atoms with Crippen molar-refractivity contribution in [3.63, 3.8) is 0 Å². The summed E-state index contributed by atoms with van der Waals surface area (Å²) in [6.07, 6.45) is 1.52. The Hall–Kier alpha value is -1.26. The van der Waals surface area contributed by atoms with Crippen molar-refractivity contribution in [1.29, 1.82) is 0 Å². The largest absolute Gasteiger partial charge is 0.466 e. The van der Waals surface area contributed by atoms with Gasteiger partial charge in [-0.1, -0.05) is 12.1 Å². The monoisotopic (exact) mass is 493 g/mol. The number of aliphatic imine (C=N–C) groups is 1. The minimum atomic E-state index is -1.17. The van der Waals surface area contributed by atoms with Crippen LogP contribution in [0.25, 0.3) is 0 Å². The number of furan rings is 1. The zero-order valence-electron chi connectivity index (χ0n) is 14.9. The zero-order chi connectivity index (χ0) is 18.1. The molecule has 1 atom stereocenters. The van der Waals surface area contributed by atoms with Crippen molar-refractivity contribution >= 4 is 41.7 Å². The van der Waals surface area contributed by atoms with Crippen molar-refractivity contribution in [3.05, 3.63) is 54.2 Å². The van der Waals surface area contributed by atoms with Gasteiger partial charge < -0.3 is 20.2 Å². The molecule has 0 bridgehead atoms. The second kappa shape index (κ2) is 11.5. The first-order chi connectivity index (χ1) is 12.0. The maximum Gasteiger partial charge on any atom is 0.191 e. The molecule has 0 aliphatic carbocycles. The van der Waals surface area contributed by atoms with E-state index in [2.05, 4.69) is 15.6 Å². The SMILES string of the molecule is CCNC(=NCC(C)(O)c1ccco1)NCCSc1ccccc1F.I. The molecule has 0 saturated heterocycles. The van der Waals surface area contributed by atoms with Crippen LogP contribution in [-0.4, -0.2) is 36.5 Å². The summed E-state index contributed by atoms with van der Waals surface area (Å²) in [5, 5.41) is 16.7. The van der Waals surface area contributed by atoms with Crippen molar-refractivity contribution < 1.29 is 13.9 Å². The van der Waals surface area contributed by atoms with E-state index in [1.807, 2.05) is 13.0 Å². The first kappa shape index (κ1) is 22.8. The maximum absolute atomic E-state index is 13.6. The van der Waals surface area contributed by atoms with Crippen LogP contribution in [-0.2, 0) is 5.60 Å². The fourth-order valence-corrected chi connectivity index (χ4v) is 2.93. The van der Waals surface area contributed by atoms with Gasteiger partial charge in [0.25, 0.3) is 0 Å². The van der Waals surface area contributed by atoms with Crippen molar-refractivity contribution in [2.24, 2.45) is 4.99 Å². The molecule has 0 aliphatic heterocycles. The van der Waals surface area contributed by atoms with Crippen molar-refractivity contribution in [2.45, 2.75) is 24.3 Å². The van der Waals surface area contributed by atoms with E-state index in [1.54, 1.807) is 31.2 Å². The summed E-state index contributed by atoms with van der Waals surface area (Å²) in [7, 11) is 0. The number of hydrogen-bond acceptors (Lipinski definition) is 4. The predicted octanol–water partition coefficient (Wildman–Crippen LogP) is 3.59. The lowest BCUT2D eigenvalue weighted by atomic mass is 10.0. The van der Waals surface area contributed by atoms with Crippen LogP contribution in [0.15, 0.2) is 57.0 Å².